The van der Waals surface area contributed by atoms with Crippen LogP contribution in [-0.2, 0) is 0 Å². The summed E-state index contributed by atoms with van der Waals surface area (Å²) in [6.45, 7) is 5.50. The Morgan fingerprint density at radius 2 is 2.13 bits per heavy atom. The van der Waals surface area contributed by atoms with Crippen LogP contribution in [0.3, 0.4) is 0 Å². The fourth-order valence-corrected chi connectivity index (χ4v) is 1.18. The van der Waals surface area contributed by atoms with E-state index in [2.05, 4.69) is 5.32 Å². The Balaban J connectivity index is 2.62. The molecule has 0 atom stereocenters. The van der Waals surface area contributed by atoms with Crippen LogP contribution in [0.5, 0.6) is 0 Å². The highest BCUT2D eigenvalue weighted by atomic mass is 16.3. The third-order valence-electron chi connectivity index (χ3n) is 1.96. The zero-order chi connectivity index (χ0) is 11.5. The number of carbonyl (C=O) groups is 1. The molecular formula is C12H17NO2. The normalized spacial score (nSPS) is 11.2. The van der Waals surface area contributed by atoms with E-state index in [1.54, 1.807) is 19.9 Å². The van der Waals surface area contributed by atoms with Gasteiger partial charge in [0.15, 0.2) is 0 Å². The lowest BCUT2D eigenvalue weighted by Crippen LogP contribution is -2.38. The molecule has 0 unspecified atom stereocenters. The summed E-state index contributed by atoms with van der Waals surface area (Å²) in [4.78, 5) is 11.6. The molecule has 0 fully saturated rings. The molecule has 3 nitrogen and oxygen atoms in total. The van der Waals surface area contributed by atoms with Crippen LogP contribution in [0.1, 0.15) is 29.8 Å². The second-order valence-corrected chi connectivity index (χ2v) is 4.36. The van der Waals surface area contributed by atoms with Gasteiger partial charge in [-0.25, -0.2) is 0 Å². The monoisotopic (exact) mass is 207 g/mol. The average molecular weight is 207 g/mol. The molecule has 1 rings (SSSR count). The van der Waals surface area contributed by atoms with Crippen LogP contribution in [0, 0.1) is 6.92 Å². The van der Waals surface area contributed by atoms with Crippen molar-refractivity contribution in [3.05, 3.63) is 35.4 Å². The molecule has 82 valence electrons. The third-order valence-corrected chi connectivity index (χ3v) is 1.96. The van der Waals surface area contributed by atoms with Crippen molar-refractivity contribution in [3.63, 3.8) is 0 Å². The summed E-state index contributed by atoms with van der Waals surface area (Å²) in [5, 5.41) is 12.1. The van der Waals surface area contributed by atoms with E-state index in [4.69, 9.17) is 0 Å². The van der Waals surface area contributed by atoms with Gasteiger partial charge < -0.3 is 10.4 Å². The fraction of sp³-hybridized carbons (Fsp3) is 0.417. The zero-order valence-corrected chi connectivity index (χ0v) is 9.37. The van der Waals surface area contributed by atoms with Gasteiger partial charge in [-0.3, -0.25) is 4.79 Å². The number of rotatable bonds is 3. The number of amides is 1. The van der Waals surface area contributed by atoms with Crippen molar-refractivity contribution in [2.45, 2.75) is 26.4 Å². The van der Waals surface area contributed by atoms with Gasteiger partial charge in [0.1, 0.15) is 0 Å². The minimum Gasteiger partial charge on any atom is -0.389 e. The summed E-state index contributed by atoms with van der Waals surface area (Å²) in [6.07, 6.45) is 0. The van der Waals surface area contributed by atoms with E-state index in [9.17, 15) is 9.90 Å². The number of benzene rings is 1. The smallest absolute Gasteiger partial charge is 0.251 e. The van der Waals surface area contributed by atoms with Crippen LogP contribution >= 0.6 is 0 Å². The van der Waals surface area contributed by atoms with E-state index in [1.165, 1.54) is 0 Å². The topological polar surface area (TPSA) is 49.3 Å². The van der Waals surface area contributed by atoms with E-state index in [1.807, 2.05) is 25.1 Å². The molecule has 0 saturated carbocycles. The molecule has 1 amide bonds. The average Bonchev–Trinajstić information content (AvgIpc) is 2.13. The first kappa shape index (κ1) is 11.7. The van der Waals surface area contributed by atoms with Crippen LogP contribution < -0.4 is 5.32 Å². The van der Waals surface area contributed by atoms with Gasteiger partial charge in [0.05, 0.1) is 5.60 Å². The maximum atomic E-state index is 11.6. The molecule has 2 N–H and O–H groups in total. The highest BCUT2D eigenvalue weighted by Gasteiger charge is 2.14. The van der Waals surface area contributed by atoms with Gasteiger partial charge in [0.25, 0.3) is 5.91 Å². The molecule has 0 spiro atoms. The lowest BCUT2D eigenvalue weighted by molar-refractivity contribution is 0.0694. The van der Waals surface area contributed by atoms with Gasteiger partial charge in [-0.05, 0) is 32.9 Å². The van der Waals surface area contributed by atoms with E-state index in [0.29, 0.717) is 5.56 Å². The molecule has 0 aliphatic heterocycles. The van der Waals surface area contributed by atoms with E-state index in [0.717, 1.165) is 5.56 Å². The number of hydrogen-bond donors (Lipinski definition) is 2. The maximum absolute atomic E-state index is 11.6. The van der Waals surface area contributed by atoms with Gasteiger partial charge in [0, 0.05) is 12.1 Å². The predicted molar refractivity (Wildman–Crippen MR) is 59.8 cm³/mol. The Kier molecular flexibility index (Phi) is 3.48. The highest BCUT2D eigenvalue weighted by Crippen LogP contribution is 2.04. The summed E-state index contributed by atoms with van der Waals surface area (Å²) < 4.78 is 0. The van der Waals surface area contributed by atoms with Gasteiger partial charge >= 0.3 is 0 Å². The summed E-state index contributed by atoms with van der Waals surface area (Å²) in [5.41, 5.74) is 0.796. The molecule has 0 radical (unpaired) electrons. The number of nitrogens with one attached hydrogen (secondary N) is 1. The first-order valence-electron chi connectivity index (χ1n) is 4.96. The number of carbonyl (C=O) groups excluding carboxylic acids is 1. The van der Waals surface area contributed by atoms with Crippen molar-refractivity contribution in [2.24, 2.45) is 0 Å². The number of aryl methyl sites for hydroxylation is 1. The van der Waals surface area contributed by atoms with E-state index >= 15 is 0 Å². The molecule has 15 heavy (non-hydrogen) atoms. The quantitative estimate of drug-likeness (QED) is 0.789. The largest absolute Gasteiger partial charge is 0.389 e. The maximum Gasteiger partial charge on any atom is 0.251 e. The van der Waals surface area contributed by atoms with Crippen LogP contribution in [-0.4, -0.2) is 23.2 Å². The van der Waals surface area contributed by atoms with Crippen LogP contribution in [0.25, 0.3) is 0 Å². The minimum absolute atomic E-state index is 0.152. The Morgan fingerprint density at radius 3 is 2.67 bits per heavy atom. The third kappa shape index (κ3) is 4.13. The molecule has 0 aromatic heterocycles. The van der Waals surface area contributed by atoms with Crippen molar-refractivity contribution < 1.29 is 9.90 Å². The molecular weight excluding hydrogens is 190 g/mol. The second-order valence-electron chi connectivity index (χ2n) is 4.36. The van der Waals surface area contributed by atoms with E-state index < -0.39 is 5.60 Å². The van der Waals surface area contributed by atoms with Gasteiger partial charge in [-0.15, -0.1) is 0 Å². The summed E-state index contributed by atoms with van der Waals surface area (Å²) in [6, 6.07) is 7.35. The highest BCUT2D eigenvalue weighted by molar-refractivity contribution is 5.94. The van der Waals surface area contributed by atoms with Crippen molar-refractivity contribution in [2.75, 3.05) is 6.54 Å². The first-order valence-corrected chi connectivity index (χ1v) is 4.96. The Morgan fingerprint density at radius 1 is 1.47 bits per heavy atom. The predicted octanol–water partition coefficient (Wildman–Crippen LogP) is 1.50. The molecule has 1 aromatic carbocycles. The van der Waals surface area contributed by atoms with Crippen LogP contribution in [0.2, 0.25) is 0 Å². The van der Waals surface area contributed by atoms with Crippen molar-refractivity contribution in [1.29, 1.82) is 0 Å². The first-order chi connectivity index (χ1) is 6.88. The number of hydrogen-bond acceptors (Lipinski definition) is 2. The van der Waals surface area contributed by atoms with Gasteiger partial charge in [0.2, 0.25) is 0 Å². The molecule has 0 heterocycles. The van der Waals surface area contributed by atoms with E-state index in [-0.39, 0.29) is 12.5 Å². The van der Waals surface area contributed by atoms with Gasteiger partial charge in [-0.2, -0.15) is 0 Å². The number of aliphatic hydroxyl groups is 1. The molecule has 0 saturated heterocycles. The van der Waals surface area contributed by atoms with Crippen molar-refractivity contribution in [3.8, 4) is 0 Å². The minimum atomic E-state index is -0.876. The Hall–Kier alpha value is -1.35. The van der Waals surface area contributed by atoms with Crippen molar-refractivity contribution in [1.82, 2.24) is 5.32 Å². The Labute approximate surface area is 90.1 Å². The fourth-order valence-electron chi connectivity index (χ4n) is 1.18. The van der Waals surface area contributed by atoms with Gasteiger partial charge in [-0.1, -0.05) is 17.7 Å². The lowest BCUT2D eigenvalue weighted by atomic mass is 10.1. The second kappa shape index (κ2) is 4.45. The molecule has 0 aliphatic carbocycles. The van der Waals surface area contributed by atoms with Crippen LogP contribution in [0.4, 0.5) is 0 Å². The van der Waals surface area contributed by atoms with Crippen LogP contribution in [0.15, 0.2) is 24.3 Å². The molecule has 3 heteroatoms. The molecule has 0 aliphatic rings. The summed E-state index contributed by atoms with van der Waals surface area (Å²) in [7, 11) is 0. The summed E-state index contributed by atoms with van der Waals surface area (Å²) in [5.74, 6) is -0.152. The standard InChI is InChI=1S/C12H17NO2/c1-9-5-4-6-10(7-9)11(14)13-8-12(2,3)15/h4-7,15H,8H2,1-3H3,(H,13,14). The van der Waals surface area contributed by atoms with Crippen molar-refractivity contribution >= 4 is 5.91 Å². The SMILES string of the molecule is Cc1cccc(C(=O)NCC(C)(C)O)c1. The molecule has 1 aromatic rings. The Bertz CT molecular complexity index is 353. The summed E-state index contributed by atoms with van der Waals surface area (Å²) >= 11 is 0. The molecule has 0 bridgehead atoms. The zero-order valence-electron chi connectivity index (χ0n) is 9.37. The lowest BCUT2D eigenvalue weighted by Gasteiger charge is -2.17.